The Bertz CT molecular complexity index is 347. The normalized spacial score (nSPS) is 18.8. The summed E-state index contributed by atoms with van der Waals surface area (Å²) < 4.78 is 10.7. The zero-order valence-electron chi connectivity index (χ0n) is 11.3. The highest BCUT2D eigenvalue weighted by Gasteiger charge is 2.21. The molecule has 0 aliphatic carbocycles. The SMILES string of the molecule is CCNC(CC1CCOCC1)c1cc(OC)cs1. The maximum atomic E-state index is 5.43. The van der Waals surface area contributed by atoms with Gasteiger partial charge in [0, 0.05) is 29.5 Å². The van der Waals surface area contributed by atoms with Crippen molar-refractivity contribution in [2.24, 2.45) is 5.92 Å². The predicted octanol–water partition coefficient (Wildman–Crippen LogP) is 3.22. The number of methoxy groups -OCH3 is 1. The quantitative estimate of drug-likeness (QED) is 0.860. The zero-order valence-corrected chi connectivity index (χ0v) is 12.1. The zero-order chi connectivity index (χ0) is 12.8. The molecule has 18 heavy (non-hydrogen) atoms. The van der Waals surface area contributed by atoms with Gasteiger partial charge in [-0.05, 0) is 37.8 Å². The van der Waals surface area contributed by atoms with E-state index in [4.69, 9.17) is 9.47 Å². The average molecular weight is 269 g/mol. The molecule has 1 N–H and O–H groups in total. The summed E-state index contributed by atoms with van der Waals surface area (Å²) in [4.78, 5) is 1.39. The van der Waals surface area contributed by atoms with Gasteiger partial charge in [-0.3, -0.25) is 0 Å². The van der Waals surface area contributed by atoms with Gasteiger partial charge in [0.2, 0.25) is 0 Å². The average Bonchev–Trinajstić information content (AvgIpc) is 2.88. The Labute approximate surface area is 113 Å². The Hall–Kier alpha value is -0.580. The van der Waals surface area contributed by atoms with Crippen LogP contribution in [0.1, 0.15) is 37.1 Å². The molecule has 1 unspecified atom stereocenters. The number of rotatable bonds is 6. The Kier molecular flexibility index (Phi) is 5.47. The predicted molar refractivity (Wildman–Crippen MR) is 75.4 cm³/mol. The maximum absolute atomic E-state index is 5.43. The van der Waals surface area contributed by atoms with Gasteiger partial charge < -0.3 is 14.8 Å². The molecule has 1 aromatic rings. The molecule has 0 saturated carbocycles. The standard InChI is InChI=1S/C14H23NO2S/c1-3-15-13(8-11-4-6-17-7-5-11)14-9-12(16-2)10-18-14/h9-11,13,15H,3-8H2,1-2H3. The second-order valence-electron chi connectivity index (χ2n) is 4.79. The summed E-state index contributed by atoms with van der Waals surface area (Å²) in [5.74, 6) is 1.76. The Morgan fingerprint density at radius 3 is 2.89 bits per heavy atom. The van der Waals surface area contributed by atoms with Crippen LogP contribution in [-0.4, -0.2) is 26.9 Å². The molecule has 3 nitrogen and oxygen atoms in total. The third-order valence-corrected chi connectivity index (χ3v) is 4.56. The third-order valence-electron chi connectivity index (χ3n) is 3.54. The van der Waals surface area contributed by atoms with Gasteiger partial charge >= 0.3 is 0 Å². The number of nitrogens with one attached hydrogen (secondary N) is 1. The van der Waals surface area contributed by atoms with Crippen molar-refractivity contribution in [3.63, 3.8) is 0 Å². The first kappa shape index (κ1) is 13.8. The lowest BCUT2D eigenvalue weighted by Gasteiger charge is -2.26. The lowest BCUT2D eigenvalue weighted by Crippen LogP contribution is -2.25. The van der Waals surface area contributed by atoms with Crippen molar-refractivity contribution in [2.45, 2.75) is 32.2 Å². The molecule has 0 radical (unpaired) electrons. The van der Waals surface area contributed by atoms with Crippen molar-refractivity contribution in [2.75, 3.05) is 26.9 Å². The molecule has 0 spiro atoms. The van der Waals surface area contributed by atoms with Crippen molar-refractivity contribution in [1.82, 2.24) is 5.32 Å². The van der Waals surface area contributed by atoms with Crippen LogP contribution < -0.4 is 10.1 Å². The smallest absolute Gasteiger partial charge is 0.129 e. The highest BCUT2D eigenvalue weighted by molar-refractivity contribution is 7.10. The van der Waals surface area contributed by atoms with Gasteiger partial charge in [-0.15, -0.1) is 11.3 Å². The van der Waals surface area contributed by atoms with E-state index in [0.717, 1.165) is 31.4 Å². The molecule has 102 valence electrons. The molecular weight excluding hydrogens is 246 g/mol. The van der Waals surface area contributed by atoms with Crippen LogP contribution in [0.25, 0.3) is 0 Å². The van der Waals surface area contributed by atoms with Crippen LogP contribution >= 0.6 is 11.3 Å². The Morgan fingerprint density at radius 2 is 2.28 bits per heavy atom. The van der Waals surface area contributed by atoms with Crippen LogP contribution in [0.15, 0.2) is 11.4 Å². The van der Waals surface area contributed by atoms with Gasteiger partial charge in [-0.2, -0.15) is 0 Å². The number of ether oxygens (including phenoxy) is 2. The molecule has 2 heterocycles. The van der Waals surface area contributed by atoms with E-state index in [1.54, 1.807) is 18.4 Å². The highest BCUT2D eigenvalue weighted by atomic mass is 32.1. The molecule has 1 fully saturated rings. The molecule has 4 heteroatoms. The van der Waals surface area contributed by atoms with E-state index in [1.165, 1.54) is 24.1 Å². The van der Waals surface area contributed by atoms with Crippen LogP contribution in [0.4, 0.5) is 0 Å². The molecule has 2 rings (SSSR count). The van der Waals surface area contributed by atoms with Crippen molar-refractivity contribution in [3.05, 3.63) is 16.3 Å². The summed E-state index contributed by atoms with van der Waals surface area (Å²) in [6.45, 7) is 5.03. The van der Waals surface area contributed by atoms with Crippen molar-refractivity contribution in [1.29, 1.82) is 0 Å². The lowest BCUT2D eigenvalue weighted by molar-refractivity contribution is 0.0607. The van der Waals surface area contributed by atoms with Crippen molar-refractivity contribution >= 4 is 11.3 Å². The van der Waals surface area contributed by atoms with Crippen LogP contribution in [-0.2, 0) is 4.74 Å². The summed E-state index contributed by atoms with van der Waals surface area (Å²) in [6, 6.07) is 2.63. The molecule has 1 atom stereocenters. The monoisotopic (exact) mass is 269 g/mol. The molecule has 0 bridgehead atoms. The van der Waals surface area contributed by atoms with Crippen LogP contribution in [0, 0.1) is 5.92 Å². The van der Waals surface area contributed by atoms with E-state index in [2.05, 4.69) is 23.7 Å². The van der Waals surface area contributed by atoms with E-state index in [9.17, 15) is 0 Å². The summed E-state index contributed by atoms with van der Waals surface area (Å²) in [5, 5.41) is 5.68. The van der Waals surface area contributed by atoms with Gasteiger partial charge in [-0.25, -0.2) is 0 Å². The number of hydrogen-bond donors (Lipinski definition) is 1. The van der Waals surface area contributed by atoms with E-state index in [1.807, 2.05) is 0 Å². The summed E-state index contributed by atoms with van der Waals surface area (Å²) in [5.41, 5.74) is 0. The maximum Gasteiger partial charge on any atom is 0.129 e. The fourth-order valence-corrected chi connectivity index (χ4v) is 3.43. The van der Waals surface area contributed by atoms with E-state index < -0.39 is 0 Å². The fourth-order valence-electron chi connectivity index (χ4n) is 2.49. The van der Waals surface area contributed by atoms with Crippen molar-refractivity contribution in [3.8, 4) is 5.75 Å². The topological polar surface area (TPSA) is 30.5 Å². The first-order chi connectivity index (χ1) is 8.83. The lowest BCUT2D eigenvalue weighted by atomic mass is 9.92. The number of thiophene rings is 1. The van der Waals surface area contributed by atoms with Gasteiger partial charge in [-0.1, -0.05) is 6.92 Å². The van der Waals surface area contributed by atoms with Gasteiger partial charge in [0.25, 0.3) is 0 Å². The van der Waals surface area contributed by atoms with E-state index in [0.29, 0.717) is 6.04 Å². The third kappa shape index (κ3) is 3.70. The molecule has 1 aliphatic rings. The second-order valence-corrected chi connectivity index (χ2v) is 5.73. The molecular formula is C14H23NO2S. The first-order valence-electron chi connectivity index (χ1n) is 6.77. The largest absolute Gasteiger partial charge is 0.496 e. The van der Waals surface area contributed by atoms with Crippen molar-refractivity contribution < 1.29 is 9.47 Å². The minimum atomic E-state index is 0.465. The molecule has 0 amide bonds. The first-order valence-corrected chi connectivity index (χ1v) is 7.65. The fraction of sp³-hybridized carbons (Fsp3) is 0.714. The second kappa shape index (κ2) is 7.12. The summed E-state index contributed by atoms with van der Waals surface area (Å²) in [6.07, 6.45) is 3.61. The van der Waals surface area contributed by atoms with E-state index in [-0.39, 0.29) is 0 Å². The van der Waals surface area contributed by atoms with E-state index >= 15 is 0 Å². The van der Waals surface area contributed by atoms with Crippen LogP contribution in [0.2, 0.25) is 0 Å². The van der Waals surface area contributed by atoms with Gasteiger partial charge in [0.05, 0.1) is 7.11 Å². The molecule has 0 aromatic carbocycles. The molecule has 1 aliphatic heterocycles. The molecule has 1 saturated heterocycles. The Morgan fingerprint density at radius 1 is 1.50 bits per heavy atom. The van der Waals surface area contributed by atoms with Crippen LogP contribution in [0.3, 0.4) is 0 Å². The van der Waals surface area contributed by atoms with Crippen LogP contribution in [0.5, 0.6) is 5.75 Å². The number of hydrogen-bond acceptors (Lipinski definition) is 4. The molecule has 1 aromatic heterocycles. The summed E-state index contributed by atoms with van der Waals surface area (Å²) >= 11 is 1.79. The highest BCUT2D eigenvalue weighted by Crippen LogP contribution is 2.33. The van der Waals surface area contributed by atoms with Gasteiger partial charge in [0.1, 0.15) is 5.75 Å². The van der Waals surface area contributed by atoms with Gasteiger partial charge in [0.15, 0.2) is 0 Å². The minimum absolute atomic E-state index is 0.465. The summed E-state index contributed by atoms with van der Waals surface area (Å²) in [7, 11) is 1.73. The Balaban J connectivity index is 1.97. The minimum Gasteiger partial charge on any atom is -0.496 e.